The SMILES string of the molecule is Nc1ncc(Br)c(F)c1I. The van der Waals surface area contributed by atoms with Gasteiger partial charge in [-0.05, 0) is 38.5 Å². The molecule has 0 fully saturated rings. The van der Waals surface area contributed by atoms with Gasteiger partial charge in [-0.1, -0.05) is 0 Å². The molecule has 2 N–H and O–H groups in total. The maximum atomic E-state index is 12.8. The monoisotopic (exact) mass is 316 g/mol. The summed E-state index contributed by atoms with van der Waals surface area (Å²) in [6.07, 6.45) is 1.34. The van der Waals surface area contributed by atoms with Gasteiger partial charge in [0.15, 0.2) is 5.82 Å². The quantitative estimate of drug-likeness (QED) is 0.745. The van der Waals surface area contributed by atoms with Crippen molar-refractivity contribution in [2.45, 2.75) is 0 Å². The molecule has 1 aromatic heterocycles. The number of halogens is 3. The Hall–Kier alpha value is 0.0900. The fourth-order valence-corrected chi connectivity index (χ4v) is 1.56. The first-order valence-corrected chi connectivity index (χ1v) is 4.25. The fourth-order valence-electron chi connectivity index (χ4n) is 0.457. The lowest BCUT2D eigenvalue weighted by molar-refractivity contribution is 0.612. The second-order valence-electron chi connectivity index (χ2n) is 1.62. The second kappa shape index (κ2) is 3.00. The number of nitrogen functional groups attached to an aromatic ring is 1. The van der Waals surface area contributed by atoms with Crippen molar-refractivity contribution in [1.29, 1.82) is 0 Å². The van der Waals surface area contributed by atoms with E-state index in [1.54, 1.807) is 22.6 Å². The third-order valence-corrected chi connectivity index (χ3v) is 2.52. The Morgan fingerprint density at radius 2 is 2.30 bits per heavy atom. The first kappa shape index (κ1) is 8.19. The third-order valence-electron chi connectivity index (χ3n) is 0.944. The predicted molar refractivity (Wildman–Crippen MR) is 49.0 cm³/mol. The van der Waals surface area contributed by atoms with Crippen LogP contribution in [0.3, 0.4) is 0 Å². The summed E-state index contributed by atoms with van der Waals surface area (Å²) < 4.78 is 13.5. The Bertz CT molecular complexity index is 239. The summed E-state index contributed by atoms with van der Waals surface area (Å²) in [5.41, 5.74) is 5.31. The molecule has 2 nitrogen and oxygen atoms in total. The first-order chi connectivity index (χ1) is 4.63. The number of nitrogens with zero attached hydrogens (tertiary/aromatic N) is 1. The van der Waals surface area contributed by atoms with Crippen molar-refractivity contribution in [2.75, 3.05) is 5.73 Å². The van der Waals surface area contributed by atoms with E-state index in [-0.39, 0.29) is 11.6 Å². The average molecular weight is 317 g/mol. The van der Waals surface area contributed by atoms with Gasteiger partial charge in [0.2, 0.25) is 0 Å². The van der Waals surface area contributed by atoms with E-state index in [0.29, 0.717) is 8.04 Å². The van der Waals surface area contributed by atoms with Crippen molar-refractivity contribution in [2.24, 2.45) is 0 Å². The first-order valence-electron chi connectivity index (χ1n) is 2.38. The molecular weight excluding hydrogens is 314 g/mol. The van der Waals surface area contributed by atoms with E-state index in [9.17, 15) is 4.39 Å². The van der Waals surface area contributed by atoms with E-state index >= 15 is 0 Å². The molecule has 0 spiro atoms. The maximum absolute atomic E-state index is 12.8. The van der Waals surface area contributed by atoms with Crippen LogP contribution in [0.5, 0.6) is 0 Å². The number of anilines is 1. The molecule has 0 amide bonds. The lowest BCUT2D eigenvalue weighted by atomic mass is 10.4. The highest BCUT2D eigenvalue weighted by atomic mass is 127. The Balaban J connectivity index is 3.34. The van der Waals surface area contributed by atoms with Crippen LogP contribution in [0.15, 0.2) is 10.7 Å². The Kier molecular flexibility index (Phi) is 2.45. The number of hydrogen-bond acceptors (Lipinski definition) is 2. The van der Waals surface area contributed by atoms with Crippen molar-refractivity contribution < 1.29 is 4.39 Å². The zero-order valence-corrected chi connectivity index (χ0v) is 8.48. The molecule has 10 heavy (non-hydrogen) atoms. The van der Waals surface area contributed by atoms with Gasteiger partial charge in [-0.15, -0.1) is 0 Å². The Morgan fingerprint density at radius 1 is 1.70 bits per heavy atom. The predicted octanol–water partition coefficient (Wildman–Crippen LogP) is 2.17. The lowest BCUT2D eigenvalue weighted by Crippen LogP contribution is -1.96. The van der Waals surface area contributed by atoms with Gasteiger partial charge < -0.3 is 5.73 Å². The summed E-state index contributed by atoms with van der Waals surface area (Å²) in [6.45, 7) is 0. The van der Waals surface area contributed by atoms with Gasteiger partial charge in [0, 0.05) is 6.20 Å². The minimum Gasteiger partial charge on any atom is -0.383 e. The highest BCUT2D eigenvalue weighted by Gasteiger charge is 2.07. The normalized spacial score (nSPS) is 9.90. The van der Waals surface area contributed by atoms with Crippen LogP contribution >= 0.6 is 38.5 Å². The molecule has 5 heteroatoms. The molecule has 1 aromatic rings. The van der Waals surface area contributed by atoms with E-state index in [2.05, 4.69) is 20.9 Å². The minimum atomic E-state index is -0.354. The summed E-state index contributed by atoms with van der Waals surface area (Å²) in [4.78, 5) is 3.72. The topological polar surface area (TPSA) is 38.9 Å². The summed E-state index contributed by atoms with van der Waals surface area (Å²) in [5, 5.41) is 0. The van der Waals surface area contributed by atoms with Crippen LogP contribution in [0.1, 0.15) is 0 Å². The van der Waals surface area contributed by atoms with E-state index in [1.165, 1.54) is 6.20 Å². The molecule has 1 heterocycles. The maximum Gasteiger partial charge on any atom is 0.155 e. The van der Waals surface area contributed by atoms with Crippen LogP contribution in [-0.2, 0) is 0 Å². The Labute approximate surface area is 79.3 Å². The van der Waals surface area contributed by atoms with Crippen LogP contribution < -0.4 is 5.73 Å². The zero-order chi connectivity index (χ0) is 7.72. The molecule has 1 rings (SSSR count). The van der Waals surface area contributed by atoms with Gasteiger partial charge in [0.1, 0.15) is 5.82 Å². The van der Waals surface area contributed by atoms with Crippen LogP contribution in [0.4, 0.5) is 10.2 Å². The molecule has 0 aliphatic rings. The number of aromatic nitrogens is 1. The fraction of sp³-hybridized carbons (Fsp3) is 0. The van der Waals surface area contributed by atoms with Crippen molar-refractivity contribution in [3.63, 3.8) is 0 Å². The number of nitrogens with two attached hydrogens (primary N) is 1. The van der Waals surface area contributed by atoms with E-state index in [1.807, 2.05) is 0 Å². The molecule has 54 valence electrons. The van der Waals surface area contributed by atoms with Crippen molar-refractivity contribution in [1.82, 2.24) is 4.98 Å². The lowest BCUT2D eigenvalue weighted by Gasteiger charge is -1.98. The summed E-state index contributed by atoms with van der Waals surface area (Å²) in [7, 11) is 0. The average Bonchev–Trinajstić information content (AvgIpc) is 1.93. The van der Waals surface area contributed by atoms with E-state index in [4.69, 9.17) is 5.73 Å². The van der Waals surface area contributed by atoms with Gasteiger partial charge in [-0.25, -0.2) is 9.37 Å². The number of pyridine rings is 1. The number of hydrogen-bond donors (Lipinski definition) is 1. The van der Waals surface area contributed by atoms with Crippen molar-refractivity contribution in [3.05, 3.63) is 20.1 Å². The van der Waals surface area contributed by atoms with Crippen LogP contribution in [0.2, 0.25) is 0 Å². The third kappa shape index (κ3) is 1.39. The second-order valence-corrected chi connectivity index (χ2v) is 3.55. The highest BCUT2D eigenvalue weighted by molar-refractivity contribution is 14.1. The Morgan fingerprint density at radius 3 is 2.80 bits per heavy atom. The number of rotatable bonds is 0. The van der Waals surface area contributed by atoms with E-state index < -0.39 is 0 Å². The van der Waals surface area contributed by atoms with Crippen LogP contribution in [-0.4, -0.2) is 4.98 Å². The molecule has 0 atom stereocenters. The van der Waals surface area contributed by atoms with Gasteiger partial charge in [0.05, 0.1) is 8.04 Å². The van der Waals surface area contributed by atoms with Gasteiger partial charge in [0.25, 0.3) is 0 Å². The molecule has 0 radical (unpaired) electrons. The van der Waals surface area contributed by atoms with Gasteiger partial charge in [-0.2, -0.15) is 0 Å². The van der Waals surface area contributed by atoms with Gasteiger partial charge >= 0.3 is 0 Å². The standard InChI is InChI=1S/C5H3BrFIN2/c6-2-1-10-5(9)4(8)3(2)7/h1H,(H2,9,10). The van der Waals surface area contributed by atoms with Crippen LogP contribution in [0.25, 0.3) is 0 Å². The minimum absolute atomic E-state index is 0.223. The zero-order valence-electron chi connectivity index (χ0n) is 4.74. The van der Waals surface area contributed by atoms with Crippen LogP contribution in [0, 0.1) is 9.39 Å². The molecule has 0 bridgehead atoms. The molecule has 0 aliphatic carbocycles. The molecule has 0 unspecified atom stereocenters. The molecule has 0 aliphatic heterocycles. The van der Waals surface area contributed by atoms with Gasteiger partial charge in [-0.3, -0.25) is 0 Å². The molecule has 0 saturated heterocycles. The summed E-state index contributed by atoms with van der Waals surface area (Å²) >= 11 is 4.78. The highest BCUT2D eigenvalue weighted by Crippen LogP contribution is 2.22. The van der Waals surface area contributed by atoms with Crippen molar-refractivity contribution in [3.8, 4) is 0 Å². The largest absolute Gasteiger partial charge is 0.383 e. The molecule has 0 aromatic carbocycles. The summed E-state index contributed by atoms with van der Waals surface area (Å²) in [5.74, 6) is -0.130. The summed E-state index contributed by atoms with van der Waals surface area (Å²) in [6, 6.07) is 0. The molecular formula is C5H3BrFIN2. The smallest absolute Gasteiger partial charge is 0.155 e. The van der Waals surface area contributed by atoms with E-state index in [0.717, 1.165) is 0 Å². The molecule has 0 saturated carbocycles. The van der Waals surface area contributed by atoms with Crippen molar-refractivity contribution >= 4 is 44.3 Å².